The average Bonchev–Trinajstić information content (AvgIpc) is 2.55. The average molecular weight is 328 g/mol. The van der Waals surface area contributed by atoms with Gasteiger partial charge in [-0.3, -0.25) is 4.98 Å². The molecule has 4 heteroatoms. The first-order chi connectivity index (χ1) is 10.9. The van der Waals surface area contributed by atoms with Crippen LogP contribution in [0.25, 0.3) is 0 Å². The van der Waals surface area contributed by atoms with Crippen molar-refractivity contribution in [1.29, 1.82) is 0 Å². The SMILES string of the molecule is C=C[C@@H](c1cccnc1)[C@H](N[S@](=O)C(C)(C)C)c1ccccc1. The number of nitrogens with zero attached hydrogens (tertiary/aromatic N) is 1. The Hall–Kier alpha value is -1.78. The Kier molecular flexibility index (Phi) is 5.85. The highest BCUT2D eigenvalue weighted by molar-refractivity contribution is 7.84. The zero-order valence-corrected chi connectivity index (χ0v) is 14.7. The van der Waals surface area contributed by atoms with Gasteiger partial charge >= 0.3 is 0 Å². The predicted molar refractivity (Wildman–Crippen MR) is 97.4 cm³/mol. The van der Waals surface area contributed by atoms with E-state index in [0.717, 1.165) is 11.1 Å². The lowest BCUT2D eigenvalue weighted by Gasteiger charge is -2.29. The third-order valence-corrected chi connectivity index (χ3v) is 5.21. The van der Waals surface area contributed by atoms with E-state index in [4.69, 9.17) is 0 Å². The molecule has 3 atom stereocenters. The maximum absolute atomic E-state index is 12.7. The van der Waals surface area contributed by atoms with E-state index < -0.39 is 11.0 Å². The van der Waals surface area contributed by atoms with E-state index in [9.17, 15) is 4.21 Å². The quantitative estimate of drug-likeness (QED) is 0.810. The van der Waals surface area contributed by atoms with Crippen LogP contribution in [0.5, 0.6) is 0 Å². The summed E-state index contributed by atoms with van der Waals surface area (Å²) in [5, 5.41) is 0. The molecular formula is C19H24N2OS. The van der Waals surface area contributed by atoms with Gasteiger partial charge in [0.15, 0.2) is 0 Å². The van der Waals surface area contributed by atoms with Gasteiger partial charge in [0.05, 0.1) is 21.8 Å². The summed E-state index contributed by atoms with van der Waals surface area (Å²) >= 11 is 0. The lowest BCUT2D eigenvalue weighted by atomic mass is 9.88. The second-order valence-corrected chi connectivity index (χ2v) is 8.43. The van der Waals surface area contributed by atoms with Crippen molar-refractivity contribution in [1.82, 2.24) is 9.71 Å². The largest absolute Gasteiger partial charge is 0.264 e. The van der Waals surface area contributed by atoms with E-state index >= 15 is 0 Å². The Balaban J connectivity index is 2.40. The van der Waals surface area contributed by atoms with Crippen LogP contribution in [0.3, 0.4) is 0 Å². The predicted octanol–water partition coefficient (Wildman–Crippen LogP) is 4.14. The molecule has 122 valence electrons. The van der Waals surface area contributed by atoms with Crippen molar-refractivity contribution < 1.29 is 4.21 Å². The molecule has 1 N–H and O–H groups in total. The summed E-state index contributed by atoms with van der Waals surface area (Å²) in [7, 11) is -1.18. The molecule has 23 heavy (non-hydrogen) atoms. The van der Waals surface area contributed by atoms with E-state index in [1.807, 2.05) is 75.5 Å². The summed E-state index contributed by atoms with van der Waals surface area (Å²) in [6.45, 7) is 9.88. The van der Waals surface area contributed by atoms with Crippen LogP contribution in [-0.2, 0) is 11.0 Å². The summed E-state index contributed by atoms with van der Waals surface area (Å²) in [6.07, 6.45) is 5.48. The van der Waals surface area contributed by atoms with Gasteiger partial charge < -0.3 is 0 Å². The molecule has 0 saturated heterocycles. The van der Waals surface area contributed by atoms with Gasteiger partial charge in [0.2, 0.25) is 0 Å². The monoisotopic (exact) mass is 328 g/mol. The minimum absolute atomic E-state index is 0.0163. The molecule has 1 heterocycles. The Labute approximate surface area is 141 Å². The lowest BCUT2D eigenvalue weighted by Crippen LogP contribution is -2.37. The minimum Gasteiger partial charge on any atom is -0.264 e. The maximum Gasteiger partial charge on any atom is 0.0976 e. The molecule has 0 bridgehead atoms. The van der Waals surface area contributed by atoms with Gasteiger partial charge in [-0.15, -0.1) is 6.58 Å². The number of nitrogens with one attached hydrogen (secondary N) is 1. The molecule has 0 radical (unpaired) electrons. The van der Waals surface area contributed by atoms with Crippen LogP contribution in [-0.4, -0.2) is 13.9 Å². The zero-order valence-electron chi connectivity index (χ0n) is 13.9. The van der Waals surface area contributed by atoms with Crippen LogP contribution in [0.1, 0.15) is 43.9 Å². The molecule has 2 rings (SSSR count). The molecule has 0 aliphatic carbocycles. The van der Waals surface area contributed by atoms with Crippen LogP contribution >= 0.6 is 0 Å². The van der Waals surface area contributed by atoms with Crippen LogP contribution in [0.15, 0.2) is 67.5 Å². The molecule has 0 fully saturated rings. The standard InChI is InChI=1S/C19H24N2OS/c1-5-17(16-12-9-13-20-14-16)18(15-10-7-6-8-11-15)21-23(22)19(2,3)4/h5-14,17-18,21H,1H2,2-4H3/t17-,18+,23+/m0/s1. The molecule has 0 aliphatic rings. The fourth-order valence-corrected chi connectivity index (χ4v) is 3.21. The Morgan fingerprint density at radius 2 is 1.78 bits per heavy atom. The number of benzene rings is 1. The summed E-state index contributed by atoms with van der Waals surface area (Å²) in [6, 6.07) is 13.9. The van der Waals surface area contributed by atoms with Gasteiger partial charge in [0.25, 0.3) is 0 Å². The lowest BCUT2D eigenvalue weighted by molar-refractivity contribution is 0.565. The fraction of sp³-hybridized carbons (Fsp3) is 0.316. The van der Waals surface area contributed by atoms with E-state index in [1.54, 1.807) is 6.20 Å². The Morgan fingerprint density at radius 1 is 1.13 bits per heavy atom. The third kappa shape index (κ3) is 4.60. The number of rotatable bonds is 6. The first kappa shape index (κ1) is 17.6. The smallest absolute Gasteiger partial charge is 0.0976 e. The fourth-order valence-electron chi connectivity index (χ4n) is 2.34. The third-order valence-electron chi connectivity index (χ3n) is 3.63. The van der Waals surface area contributed by atoms with Crippen LogP contribution < -0.4 is 4.72 Å². The topological polar surface area (TPSA) is 42.0 Å². The molecule has 0 unspecified atom stereocenters. The molecule has 1 aromatic carbocycles. The number of hydrogen-bond acceptors (Lipinski definition) is 2. The molecule has 1 aromatic heterocycles. The molecule has 0 aliphatic heterocycles. The van der Waals surface area contributed by atoms with Crippen molar-refractivity contribution in [2.24, 2.45) is 0 Å². The molecule has 3 nitrogen and oxygen atoms in total. The minimum atomic E-state index is -1.18. The first-order valence-electron chi connectivity index (χ1n) is 7.69. The van der Waals surface area contributed by atoms with Gasteiger partial charge in [0.1, 0.15) is 0 Å². The molecular weight excluding hydrogens is 304 g/mol. The van der Waals surface area contributed by atoms with Crippen LogP contribution in [0, 0.1) is 0 Å². The Bertz CT molecular complexity index is 650. The summed E-state index contributed by atoms with van der Waals surface area (Å²) in [5.41, 5.74) is 2.13. The molecule has 0 spiro atoms. The number of pyridine rings is 1. The second-order valence-electron chi connectivity index (χ2n) is 6.44. The Morgan fingerprint density at radius 3 is 2.30 bits per heavy atom. The molecule has 2 aromatic rings. The van der Waals surface area contributed by atoms with Crippen molar-refractivity contribution in [3.8, 4) is 0 Å². The van der Waals surface area contributed by atoms with Gasteiger partial charge in [-0.2, -0.15) is 0 Å². The maximum atomic E-state index is 12.7. The van der Waals surface area contributed by atoms with Crippen molar-refractivity contribution in [2.75, 3.05) is 0 Å². The van der Waals surface area contributed by atoms with Crippen molar-refractivity contribution in [3.63, 3.8) is 0 Å². The molecule has 0 amide bonds. The highest BCUT2D eigenvalue weighted by Crippen LogP contribution is 2.32. The van der Waals surface area contributed by atoms with E-state index in [0.29, 0.717) is 0 Å². The van der Waals surface area contributed by atoms with Crippen LogP contribution in [0.4, 0.5) is 0 Å². The van der Waals surface area contributed by atoms with E-state index in [1.165, 1.54) is 0 Å². The summed E-state index contributed by atoms with van der Waals surface area (Å²) < 4.78 is 15.6. The van der Waals surface area contributed by atoms with E-state index in [2.05, 4.69) is 16.3 Å². The van der Waals surface area contributed by atoms with Gasteiger partial charge in [-0.05, 0) is 38.0 Å². The summed E-state index contributed by atoms with van der Waals surface area (Å²) in [5.74, 6) is -0.0163. The first-order valence-corrected chi connectivity index (χ1v) is 8.84. The zero-order chi connectivity index (χ0) is 16.9. The highest BCUT2D eigenvalue weighted by Gasteiger charge is 2.28. The number of hydrogen-bond donors (Lipinski definition) is 1. The van der Waals surface area contributed by atoms with Gasteiger partial charge in [-0.25, -0.2) is 8.93 Å². The van der Waals surface area contributed by atoms with Crippen molar-refractivity contribution in [3.05, 3.63) is 78.6 Å². The van der Waals surface area contributed by atoms with Gasteiger partial charge in [0, 0.05) is 18.3 Å². The normalized spacial score (nSPS) is 15.6. The molecule has 0 saturated carbocycles. The van der Waals surface area contributed by atoms with Crippen molar-refractivity contribution >= 4 is 11.0 Å². The van der Waals surface area contributed by atoms with Crippen molar-refractivity contribution in [2.45, 2.75) is 37.5 Å². The van der Waals surface area contributed by atoms with E-state index in [-0.39, 0.29) is 16.7 Å². The number of aromatic nitrogens is 1. The van der Waals surface area contributed by atoms with Crippen LogP contribution in [0.2, 0.25) is 0 Å². The summed E-state index contributed by atoms with van der Waals surface area (Å²) in [4.78, 5) is 4.21. The second kappa shape index (κ2) is 7.66. The highest BCUT2D eigenvalue weighted by atomic mass is 32.2. The van der Waals surface area contributed by atoms with Gasteiger partial charge in [-0.1, -0.05) is 42.5 Å².